The molecule has 5 amide bonds. The summed E-state index contributed by atoms with van der Waals surface area (Å²) in [6.07, 6.45) is 6.00. The van der Waals surface area contributed by atoms with Gasteiger partial charge in [-0.2, -0.15) is 13.1 Å². The van der Waals surface area contributed by atoms with Crippen molar-refractivity contribution in [2.45, 2.75) is 127 Å². The number of hydrogen-bond donors (Lipinski definition) is 4. The van der Waals surface area contributed by atoms with Gasteiger partial charge in [-0.3, -0.25) is 19.3 Å². The molecule has 1 aromatic carbocycles. The lowest BCUT2D eigenvalue weighted by molar-refractivity contribution is -0.141. The number of nitrogens with zero attached hydrogens (tertiary/aromatic N) is 2. The Hall–Kier alpha value is -4.18. The van der Waals surface area contributed by atoms with Crippen LogP contribution in [0.25, 0.3) is 0 Å². The number of hydrogen-bond acceptors (Lipinski definition) is 9. The van der Waals surface area contributed by atoms with E-state index >= 15 is 0 Å². The van der Waals surface area contributed by atoms with Gasteiger partial charge in [0.05, 0.1) is 6.54 Å². The van der Waals surface area contributed by atoms with Crippen molar-refractivity contribution in [1.82, 2.24) is 29.9 Å². The van der Waals surface area contributed by atoms with Crippen molar-refractivity contribution in [3.8, 4) is 0 Å². The van der Waals surface area contributed by atoms with Gasteiger partial charge in [0.25, 0.3) is 5.91 Å². The molecule has 3 heterocycles. The number of carbonyl (C=O) groups excluding carboxylic acids is 5. The van der Waals surface area contributed by atoms with Gasteiger partial charge in [0.15, 0.2) is 0 Å². The first-order valence-electron chi connectivity index (χ1n) is 17.8. The minimum atomic E-state index is -4.17. The number of fused-ring (bicyclic) bond motifs is 3. The maximum atomic E-state index is 14.3. The molecular weight excluding hydrogens is 680 g/mol. The molecule has 278 valence electrons. The van der Waals surface area contributed by atoms with E-state index in [2.05, 4.69) is 20.1 Å². The second kappa shape index (κ2) is 14.4. The van der Waals surface area contributed by atoms with Crippen LogP contribution < -0.4 is 20.1 Å². The Balaban J connectivity index is 1.24. The van der Waals surface area contributed by atoms with Crippen LogP contribution in [0.1, 0.15) is 89.7 Å². The molecule has 3 fully saturated rings. The molecule has 0 bridgehead atoms. The van der Waals surface area contributed by atoms with Gasteiger partial charge in [-0.25, -0.2) is 14.3 Å². The van der Waals surface area contributed by atoms with Gasteiger partial charge in [0.2, 0.25) is 11.8 Å². The zero-order valence-corrected chi connectivity index (χ0v) is 30.1. The Labute approximate surface area is 298 Å². The highest BCUT2D eigenvalue weighted by atomic mass is 32.2. The van der Waals surface area contributed by atoms with Crippen LogP contribution in [0.5, 0.6) is 0 Å². The summed E-state index contributed by atoms with van der Waals surface area (Å²) >= 11 is 0. The van der Waals surface area contributed by atoms with Crippen LogP contribution in [0.2, 0.25) is 0 Å². The van der Waals surface area contributed by atoms with Crippen molar-refractivity contribution in [3.05, 3.63) is 47.5 Å². The van der Waals surface area contributed by atoms with Crippen molar-refractivity contribution >= 4 is 40.1 Å². The summed E-state index contributed by atoms with van der Waals surface area (Å²) in [7, 11) is -4.17. The van der Waals surface area contributed by atoms with Crippen LogP contribution in [0.3, 0.4) is 0 Å². The first kappa shape index (κ1) is 36.6. The SMILES string of the molecule is CC(C)(C)OC(=O)N[C@H]1CCCCCC=C[C@@H]2C[C@@]2(C(=O)NS(=O)(=O)NC2CC2)NC(=O)[C@@H]2C[C@@H](OC(=O)N3Cc4ccccc4C3)CN2C1=O. The molecular formula is C35H48N6O9S. The van der Waals surface area contributed by atoms with E-state index < -0.39 is 75.4 Å². The maximum absolute atomic E-state index is 14.3. The summed E-state index contributed by atoms with van der Waals surface area (Å²) in [5.41, 5.74) is -0.373. The van der Waals surface area contributed by atoms with Gasteiger partial charge in [-0.05, 0) is 70.4 Å². The normalized spacial score (nSPS) is 28.3. The van der Waals surface area contributed by atoms with E-state index in [1.165, 1.54) is 4.90 Å². The predicted octanol–water partition coefficient (Wildman–Crippen LogP) is 2.51. The predicted molar refractivity (Wildman–Crippen MR) is 184 cm³/mol. The lowest BCUT2D eigenvalue weighted by Gasteiger charge is -2.30. The molecule has 1 saturated heterocycles. The third-order valence-corrected chi connectivity index (χ3v) is 10.9. The van der Waals surface area contributed by atoms with Gasteiger partial charge in [0, 0.05) is 31.5 Å². The molecule has 1 aromatic rings. The van der Waals surface area contributed by atoms with Crippen LogP contribution in [-0.2, 0) is 47.2 Å². The van der Waals surface area contributed by atoms with E-state index in [0.29, 0.717) is 38.8 Å². The monoisotopic (exact) mass is 728 g/mol. The van der Waals surface area contributed by atoms with Crippen molar-refractivity contribution in [1.29, 1.82) is 0 Å². The fraction of sp³-hybridized carbons (Fsp3) is 0.629. The molecule has 16 heteroatoms. The second-order valence-corrected chi connectivity index (χ2v) is 16.7. The first-order chi connectivity index (χ1) is 24.1. The molecule has 5 aliphatic rings. The van der Waals surface area contributed by atoms with Crippen LogP contribution in [0.4, 0.5) is 9.59 Å². The number of allylic oxidation sites excluding steroid dienone is 1. The van der Waals surface area contributed by atoms with Gasteiger partial charge in [0.1, 0.15) is 29.3 Å². The number of nitrogens with one attached hydrogen (secondary N) is 4. The third kappa shape index (κ3) is 9.01. The topological polar surface area (TPSA) is 193 Å². The van der Waals surface area contributed by atoms with E-state index in [0.717, 1.165) is 24.0 Å². The summed E-state index contributed by atoms with van der Waals surface area (Å²) in [5, 5.41) is 5.49. The number of ether oxygens (including phenoxy) is 2. The number of benzene rings is 1. The molecule has 0 unspecified atom stereocenters. The third-order valence-electron chi connectivity index (χ3n) is 9.83. The molecule has 51 heavy (non-hydrogen) atoms. The molecule has 2 saturated carbocycles. The molecule has 4 N–H and O–H groups in total. The highest BCUT2D eigenvalue weighted by molar-refractivity contribution is 7.88. The Morgan fingerprint density at radius 2 is 1.71 bits per heavy atom. The Kier molecular flexibility index (Phi) is 10.4. The lowest BCUT2D eigenvalue weighted by Crippen LogP contribution is -2.59. The molecule has 3 aliphatic heterocycles. The zero-order chi connectivity index (χ0) is 36.6. The van der Waals surface area contributed by atoms with Gasteiger partial charge in [-0.1, -0.05) is 49.3 Å². The average molecular weight is 729 g/mol. The van der Waals surface area contributed by atoms with Crippen molar-refractivity contribution in [3.63, 3.8) is 0 Å². The summed E-state index contributed by atoms with van der Waals surface area (Å²) in [4.78, 5) is 71.2. The highest BCUT2D eigenvalue weighted by Gasteiger charge is 2.62. The average Bonchev–Trinajstić information content (AvgIpc) is 3.88. The van der Waals surface area contributed by atoms with Gasteiger partial charge in [-0.15, -0.1) is 0 Å². The molecule has 15 nitrogen and oxygen atoms in total. The van der Waals surface area contributed by atoms with Crippen LogP contribution in [-0.4, -0.2) is 90.0 Å². The maximum Gasteiger partial charge on any atom is 0.410 e. The minimum Gasteiger partial charge on any atom is -0.444 e. The minimum absolute atomic E-state index is 0.0665. The Morgan fingerprint density at radius 1 is 1.00 bits per heavy atom. The largest absolute Gasteiger partial charge is 0.444 e. The molecule has 5 atom stereocenters. The Morgan fingerprint density at radius 3 is 2.37 bits per heavy atom. The smallest absolute Gasteiger partial charge is 0.410 e. The number of alkyl carbamates (subject to hydrolysis) is 1. The van der Waals surface area contributed by atoms with Crippen molar-refractivity contribution < 1.29 is 41.9 Å². The highest BCUT2D eigenvalue weighted by Crippen LogP contribution is 2.46. The zero-order valence-electron chi connectivity index (χ0n) is 29.3. The van der Waals surface area contributed by atoms with Crippen LogP contribution >= 0.6 is 0 Å². The van der Waals surface area contributed by atoms with Gasteiger partial charge < -0.3 is 25.0 Å². The van der Waals surface area contributed by atoms with Gasteiger partial charge >= 0.3 is 22.4 Å². The summed E-state index contributed by atoms with van der Waals surface area (Å²) < 4.78 is 41.3. The summed E-state index contributed by atoms with van der Waals surface area (Å²) in [6.45, 7) is 5.73. The van der Waals surface area contributed by atoms with Crippen molar-refractivity contribution in [2.75, 3.05) is 6.54 Å². The number of carbonyl (C=O) groups is 5. The fourth-order valence-electron chi connectivity index (χ4n) is 6.96. The fourth-order valence-corrected chi connectivity index (χ4v) is 8.12. The van der Waals surface area contributed by atoms with Crippen molar-refractivity contribution in [2.24, 2.45) is 5.92 Å². The number of rotatable bonds is 6. The summed E-state index contributed by atoms with van der Waals surface area (Å²) in [5.74, 6) is -2.59. The molecule has 0 radical (unpaired) electrons. The van der Waals surface area contributed by atoms with Crippen LogP contribution in [0, 0.1) is 5.92 Å². The lowest BCUT2D eigenvalue weighted by atomic mass is 10.0. The quantitative estimate of drug-likeness (QED) is 0.319. The summed E-state index contributed by atoms with van der Waals surface area (Å²) in [6, 6.07) is 5.21. The second-order valence-electron chi connectivity index (χ2n) is 15.2. The van der Waals surface area contributed by atoms with E-state index in [1.54, 1.807) is 25.7 Å². The first-order valence-corrected chi connectivity index (χ1v) is 19.3. The Bertz CT molecular complexity index is 1660. The van der Waals surface area contributed by atoms with E-state index in [1.807, 2.05) is 36.4 Å². The standard InChI is InChI=1S/C35H48N6O9S/c1-34(2,3)50-32(45)36-27-14-8-6-4-5-7-13-24-18-35(24,31(44)39-51(47,48)38-25-15-16-25)37-29(42)28-17-26(21-41(28)30(27)43)49-33(46)40-19-22-11-9-10-12-23(22)20-40/h7,9-13,24-28,38H,4-6,8,14-21H2,1-3H3,(H,36,45)(H,37,42)(H,39,44)/t24-,26-,27+,28+,35-/m1/s1. The number of amides is 5. The molecule has 0 spiro atoms. The van der Waals surface area contributed by atoms with Crippen LogP contribution in [0.15, 0.2) is 36.4 Å². The van der Waals surface area contributed by atoms with E-state index in [9.17, 15) is 32.4 Å². The molecule has 2 aliphatic carbocycles. The van der Waals surface area contributed by atoms with E-state index in [4.69, 9.17) is 9.47 Å². The molecule has 6 rings (SSSR count). The molecule has 0 aromatic heterocycles. The van der Waals surface area contributed by atoms with E-state index in [-0.39, 0.29) is 31.8 Å².